The number of benzene rings is 1. The van der Waals surface area contributed by atoms with Crippen LogP contribution >= 0.6 is 0 Å². The molecular formula is C18H29NO2. The van der Waals surface area contributed by atoms with Crippen molar-refractivity contribution in [2.24, 2.45) is 5.41 Å². The summed E-state index contributed by atoms with van der Waals surface area (Å²) in [7, 11) is 0. The van der Waals surface area contributed by atoms with Gasteiger partial charge in [0.2, 0.25) is 0 Å². The fourth-order valence-electron chi connectivity index (χ4n) is 2.52. The third-order valence-corrected chi connectivity index (χ3v) is 3.64. The Morgan fingerprint density at radius 2 is 1.43 bits per heavy atom. The van der Waals surface area contributed by atoms with Gasteiger partial charge in [0, 0.05) is 17.6 Å². The summed E-state index contributed by atoms with van der Waals surface area (Å²) in [5.41, 5.74) is 1.30. The summed E-state index contributed by atoms with van der Waals surface area (Å²) >= 11 is 0. The monoisotopic (exact) mass is 291 g/mol. The van der Waals surface area contributed by atoms with Gasteiger partial charge < -0.3 is 10.0 Å². The molecule has 3 heteroatoms. The summed E-state index contributed by atoms with van der Waals surface area (Å²) in [5, 5.41) is 10.3. The van der Waals surface area contributed by atoms with Crippen LogP contribution in [0.15, 0.2) is 24.3 Å². The number of carbonyl (C=O) groups is 1. The lowest BCUT2D eigenvalue weighted by molar-refractivity contribution is 0.0619. The zero-order chi connectivity index (χ0) is 16.4. The molecule has 0 saturated heterocycles. The van der Waals surface area contributed by atoms with Crippen molar-refractivity contribution in [1.82, 2.24) is 4.90 Å². The third-order valence-electron chi connectivity index (χ3n) is 3.64. The Bertz CT molecular complexity index is 461. The van der Waals surface area contributed by atoms with E-state index in [1.807, 2.05) is 77.6 Å². The van der Waals surface area contributed by atoms with Gasteiger partial charge in [0.25, 0.3) is 5.91 Å². The van der Waals surface area contributed by atoms with Crippen LogP contribution in [0.5, 0.6) is 0 Å². The standard InChI is InChI=1S/C18H29NO2/c1-12(2)19(13(3)4)17(21)15-10-8-14(9-11-15)16(20)18(5,6)7/h8-13,16,20H,1-7H3. The number of hydrogen-bond acceptors (Lipinski definition) is 2. The van der Waals surface area contributed by atoms with E-state index in [2.05, 4.69) is 0 Å². The molecule has 0 fully saturated rings. The smallest absolute Gasteiger partial charge is 0.254 e. The molecule has 0 bridgehead atoms. The average molecular weight is 291 g/mol. The fourth-order valence-corrected chi connectivity index (χ4v) is 2.52. The first-order chi connectivity index (χ1) is 9.55. The minimum Gasteiger partial charge on any atom is -0.388 e. The second-order valence-corrected chi connectivity index (χ2v) is 7.29. The van der Waals surface area contributed by atoms with Crippen molar-refractivity contribution in [2.75, 3.05) is 0 Å². The molecule has 0 aliphatic heterocycles. The van der Waals surface area contributed by atoms with E-state index in [1.54, 1.807) is 0 Å². The SMILES string of the molecule is CC(C)N(C(=O)c1ccc(C(O)C(C)(C)C)cc1)C(C)C. The summed E-state index contributed by atoms with van der Waals surface area (Å²) in [6.07, 6.45) is -0.534. The van der Waals surface area contributed by atoms with Gasteiger partial charge in [-0.3, -0.25) is 4.79 Å². The van der Waals surface area contributed by atoms with Gasteiger partial charge in [-0.15, -0.1) is 0 Å². The van der Waals surface area contributed by atoms with Crippen LogP contribution in [-0.2, 0) is 0 Å². The fraction of sp³-hybridized carbons (Fsp3) is 0.611. The Morgan fingerprint density at radius 3 is 1.76 bits per heavy atom. The molecule has 0 saturated carbocycles. The molecule has 3 nitrogen and oxygen atoms in total. The Kier molecular flexibility index (Phi) is 5.57. The minimum atomic E-state index is -0.534. The molecule has 1 rings (SSSR count). The highest BCUT2D eigenvalue weighted by Gasteiger charge is 2.25. The highest BCUT2D eigenvalue weighted by Crippen LogP contribution is 2.32. The topological polar surface area (TPSA) is 40.5 Å². The number of hydrogen-bond donors (Lipinski definition) is 1. The van der Waals surface area contributed by atoms with Crippen molar-refractivity contribution >= 4 is 5.91 Å². The van der Waals surface area contributed by atoms with Crippen LogP contribution in [-0.4, -0.2) is 28.0 Å². The lowest BCUT2D eigenvalue weighted by atomic mass is 9.84. The summed E-state index contributed by atoms with van der Waals surface area (Å²) in [6, 6.07) is 7.65. The van der Waals surface area contributed by atoms with Gasteiger partial charge in [-0.2, -0.15) is 0 Å². The maximum Gasteiger partial charge on any atom is 0.254 e. The van der Waals surface area contributed by atoms with Gasteiger partial charge in [0.05, 0.1) is 6.10 Å². The normalized spacial score (nSPS) is 13.6. The van der Waals surface area contributed by atoms with E-state index in [1.165, 1.54) is 0 Å². The molecule has 0 aliphatic rings. The van der Waals surface area contributed by atoms with E-state index in [4.69, 9.17) is 0 Å². The minimum absolute atomic E-state index is 0.0387. The molecule has 0 aliphatic carbocycles. The number of rotatable bonds is 4. The van der Waals surface area contributed by atoms with E-state index in [-0.39, 0.29) is 23.4 Å². The van der Waals surface area contributed by atoms with Gasteiger partial charge in [0.15, 0.2) is 0 Å². The molecule has 0 aromatic heterocycles. The summed E-state index contributed by atoms with van der Waals surface area (Å²) < 4.78 is 0. The zero-order valence-electron chi connectivity index (χ0n) is 14.3. The Balaban J connectivity index is 2.99. The molecule has 1 atom stereocenters. The lowest BCUT2D eigenvalue weighted by Crippen LogP contribution is -2.42. The van der Waals surface area contributed by atoms with E-state index >= 15 is 0 Å². The third kappa shape index (κ3) is 4.31. The number of aliphatic hydroxyl groups excluding tert-OH is 1. The summed E-state index contributed by atoms with van der Waals surface area (Å²) in [6.45, 7) is 14.1. The highest BCUT2D eigenvalue weighted by atomic mass is 16.3. The molecule has 1 aromatic rings. The van der Waals surface area contributed by atoms with Crippen molar-refractivity contribution in [2.45, 2.75) is 66.7 Å². The number of aliphatic hydroxyl groups is 1. The Labute approximate surface area is 129 Å². The van der Waals surface area contributed by atoms with Crippen LogP contribution in [0.25, 0.3) is 0 Å². The predicted molar refractivity (Wildman–Crippen MR) is 87.3 cm³/mol. The molecular weight excluding hydrogens is 262 g/mol. The maximum atomic E-state index is 12.6. The first-order valence-electron chi connectivity index (χ1n) is 7.66. The molecule has 21 heavy (non-hydrogen) atoms. The van der Waals surface area contributed by atoms with Gasteiger partial charge in [-0.05, 0) is 50.8 Å². The molecule has 1 amide bonds. The number of amides is 1. The largest absolute Gasteiger partial charge is 0.388 e. The molecule has 0 spiro atoms. The van der Waals surface area contributed by atoms with E-state index < -0.39 is 6.10 Å². The summed E-state index contributed by atoms with van der Waals surface area (Å²) in [4.78, 5) is 14.4. The van der Waals surface area contributed by atoms with Crippen molar-refractivity contribution in [3.8, 4) is 0 Å². The molecule has 1 aromatic carbocycles. The summed E-state index contributed by atoms with van der Waals surface area (Å²) in [5.74, 6) is 0.0387. The lowest BCUT2D eigenvalue weighted by Gasteiger charge is -2.31. The molecule has 0 radical (unpaired) electrons. The van der Waals surface area contributed by atoms with Crippen LogP contribution in [0.4, 0.5) is 0 Å². The van der Waals surface area contributed by atoms with Gasteiger partial charge >= 0.3 is 0 Å². The highest BCUT2D eigenvalue weighted by molar-refractivity contribution is 5.94. The molecule has 1 unspecified atom stereocenters. The first kappa shape index (κ1) is 17.7. The van der Waals surface area contributed by atoms with Crippen LogP contribution in [0, 0.1) is 5.41 Å². The second kappa shape index (κ2) is 6.61. The molecule has 118 valence electrons. The van der Waals surface area contributed by atoms with Crippen LogP contribution < -0.4 is 0 Å². The van der Waals surface area contributed by atoms with E-state index in [9.17, 15) is 9.90 Å². The van der Waals surface area contributed by atoms with Crippen LogP contribution in [0.3, 0.4) is 0 Å². The van der Waals surface area contributed by atoms with Crippen molar-refractivity contribution in [1.29, 1.82) is 0 Å². The Hall–Kier alpha value is -1.35. The number of nitrogens with zero attached hydrogens (tertiary/aromatic N) is 1. The predicted octanol–water partition coefficient (Wildman–Crippen LogP) is 4.03. The quantitative estimate of drug-likeness (QED) is 0.910. The van der Waals surface area contributed by atoms with Gasteiger partial charge in [-0.25, -0.2) is 0 Å². The first-order valence-corrected chi connectivity index (χ1v) is 7.66. The van der Waals surface area contributed by atoms with Crippen LogP contribution in [0.1, 0.15) is 70.5 Å². The zero-order valence-corrected chi connectivity index (χ0v) is 14.3. The van der Waals surface area contributed by atoms with Crippen LogP contribution in [0.2, 0.25) is 0 Å². The Morgan fingerprint density at radius 1 is 1.00 bits per heavy atom. The van der Waals surface area contributed by atoms with Gasteiger partial charge in [-0.1, -0.05) is 32.9 Å². The van der Waals surface area contributed by atoms with E-state index in [0.29, 0.717) is 5.56 Å². The van der Waals surface area contributed by atoms with Gasteiger partial charge in [0.1, 0.15) is 0 Å². The van der Waals surface area contributed by atoms with Crippen molar-refractivity contribution in [3.63, 3.8) is 0 Å². The number of carbonyl (C=O) groups excluding carboxylic acids is 1. The molecule has 1 N–H and O–H groups in total. The van der Waals surface area contributed by atoms with Crippen molar-refractivity contribution < 1.29 is 9.90 Å². The second-order valence-electron chi connectivity index (χ2n) is 7.29. The maximum absolute atomic E-state index is 12.6. The van der Waals surface area contributed by atoms with E-state index in [0.717, 1.165) is 5.56 Å². The van der Waals surface area contributed by atoms with Crippen molar-refractivity contribution in [3.05, 3.63) is 35.4 Å². The molecule has 0 heterocycles. The average Bonchev–Trinajstić information content (AvgIpc) is 2.36.